The number of para-hydroxylation sites is 2. The van der Waals surface area contributed by atoms with Crippen LogP contribution in [0.2, 0.25) is 0 Å². The van der Waals surface area contributed by atoms with E-state index >= 15 is 0 Å². The monoisotopic (exact) mass is 348 g/mol. The molecule has 0 radical (unpaired) electrons. The van der Waals surface area contributed by atoms with Gasteiger partial charge >= 0.3 is 0 Å². The number of anilines is 2. The normalized spacial score (nSPS) is 10.0. The molecule has 2 aromatic carbocycles. The smallest absolute Gasteiger partial charge is 0.262 e. The minimum Gasteiger partial charge on any atom is -0.484 e. The second-order valence-corrected chi connectivity index (χ2v) is 5.62. The molecule has 5 heteroatoms. The molecule has 0 aliphatic heterocycles. The number of hydrogen-bond donors (Lipinski definition) is 1. The third-order valence-corrected chi connectivity index (χ3v) is 3.37. The fraction of sp³-hybridized carbons (Fsp3) is 0.188. The number of carbonyl (C=O) groups is 1. The van der Waals surface area contributed by atoms with Gasteiger partial charge in [0.15, 0.2) is 6.61 Å². The van der Waals surface area contributed by atoms with Crippen molar-refractivity contribution in [2.75, 3.05) is 30.9 Å². The van der Waals surface area contributed by atoms with E-state index in [4.69, 9.17) is 4.74 Å². The molecule has 4 nitrogen and oxygen atoms in total. The molecule has 0 saturated heterocycles. The Morgan fingerprint density at radius 1 is 1.14 bits per heavy atom. The van der Waals surface area contributed by atoms with E-state index in [0.717, 1.165) is 15.8 Å². The summed E-state index contributed by atoms with van der Waals surface area (Å²) >= 11 is 3.35. The van der Waals surface area contributed by atoms with Crippen LogP contribution in [0.3, 0.4) is 0 Å². The van der Waals surface area contributed by atoms with Gasteiger partial charge in [0, 0.05) is 18.6 Å². The molecule has 110 valence electrons. The van der Waals surface area contributed by atoms with Crippen LogP contribution in [0, 0.1) is 0 Å². The Kier molecular flexibility index (Phi) is 5.22. The molecule has 0 aliphatic carbocycles. The molecule has 0 atom stereocenters. The first-order chi connectivity index (χ1) is 10.1. The highest BCUT2D eigenvalue weighted by Crippen LogP contribution is 2.23. The first-order valence-corrected chi connectivity index (χ1v) is 7.30. The van der Waals surface area contributed by atoms with Gasteiger partial charge in [-0.15, -0.1) is 0 Å². The summed E-state index contributed by atoms with van der Waals surface area (Å²) in [5, 5.41) is 2.86. The average molecular weight is 349 g/mol. The van der Waals surface area contributed by atoms with Gasteiger partial charge in [-0.3, -0.25) is 4.79 Å². The SMILES string of the molecule is CN(C)c1ccccc1NC(=O)COc1ccc(Br)cc1. The van der Waals surface area contributed by atoms with Gasteiger partial charge in [-0.1, -0.05) is 28.1 Å². The number of amides is 1. The van der Waals surface area contributed by atoms with Crippen LogP contribution in [0.25, 0.3) is 0 Å². The van der Waals surface area contributed by atoms with E-state index in [1.165, 1.54) is 0 Å². The fourth-order valence-corrected chi connectivity index (χ4v) is 2.10. The molecule has 2 aromatic rings. The Morgan fingerprint density at radius 3 is 2.48 bits per heavy atom. The van der Waals surface area contributed by atoms with Crippen LogP contribution in [0.5, 0.6) is 5.75 Å². The number of halogens is 1. The molecule has 1 amide bonds. The molecular formula is C16H17BrN2O2. The fourth-order valence-electron chi connectivity index (χ4n) is 1.84. The Balaban J connectivity index is 1.94. The van der Waals surface area contributed by atoms with Crippen LogP contribution in [-0.2, 0) is 4.79 Å². The minimum absolute atomic E-state index is 0.0244. The van der Waals surface area contributed by atoms with E-state index in [1.54, 1.807) is 0 Å². The van der Waals surface area contributed by atoms with Crippen molar-refractivity contribution in [2.45, 2.75) is 0 Å². The van der Waals surface area contributed by atoms with Crippen LogP contribution < -0.4 is 15.0 Å². The Hall–Kier alpha value is -2.01. The molecular weight excluding hydrogens is 332 g/mol. The van der Waals surface area contributed by atoms with Gasteiger partial charge < -0.3 is 15.0 Å². The molecule has 0 saturated carbocycles. The molecule has 0 fully saturated rings. The van der Waals surface area contributed by atoms with Crippen molar-refractivity contribution in [3.05, 3.63) is 53.0 Å². The summed E-state index contributed by atoms with van der Waals surface area (Å²) in [5.74, 6) is 0.474. The summed E-state index contributed by atoms with van der Waals surface area (Å²) in [7, 11) is 3.87. The van der Waals surface area contributed by atoms with Crippen molar-refractivity contribution in [1.29, 1.82) is 0 Å². The lowest BCUT2D eigenvalue weighted by molar-refractivity contribution is -0.118. The van der Waals surface area contributed by atoms with Crippen LogP contribution in [-0.4, -0.2) is 26.6 Å². The lowest BCUT2D eigenvalue weighted by Crippen LogP contribution is -2.22. The zero-order chi connectivity index (χ0) is 15.2. The van der Waals surface area contributed by atoms with Gasteiger partial charge in [0.25, 0.3) is 5.91 Å². The molecule has 0 heterocycles. The van der Waals surface area contributed by atoms with E-state index in [1.807, 2.05) is 67.5 Å². The minimum atomic E-state index is -0.188. The standard InChI is InChI=1S/C16H17BrN2O2/c1-19(2)15-6-4-3-5-14(15)18-16(20)11-21-13-9-7-12(17)8-10-13/h3-10H,11H2,1-2H3,(H,18,20). The van der Waals surface area contributed by atoms with Gasteiger partial charge in [0.05, 0.1) is 11.4 Å². The van der Waals surface area contributed by atoms with E-state index in [2.05, 4.69) is 21.2 Å². The molecule has 0 aliphatic rings. The van der Waals surface area contributed by atoms with Crippen LogP contribution in [0.1, 0.15) is 0 Å². The molecule has 1 N–H and O–H groups in total. The van der Waals surface area contributed by atoms with Gasteiger partial charge in [-0.25, -0.2) is 0 Å². The molecule has 21 heavy (non-hydrogen) atoms. The predicted octanol–water partition coefficient (Wildman–Crippen LogP) is 3.53. The molecule has 0 spiro atoms. The summed E-state index contributed by atoms with van der Waals surface area (Å²) in [6.45, 7) is -0.0244. The summed E-state index contributed by atoms with van der Waals surface area (Å²) in [6.07, 6.45) is 0. The van der Waals surface area contributed by atoms with E-state index < -0.39 is 0 Å². The molecule has 0 bridgehead atoms. The lowest BCUT2D eigenvalue weighted by atomic mass is 10.2. The zero-order valence-electron chi connectivity index (χ0n) is 12.0. The first-order valence-electron chi connectivity index (χ1n) is 6.51. The van der Waals surface area contributed by atoms with Crippen molar-refractivity contribution in [3.63, 3.8) is 0 Å². The number of nitrogens with zero attached hydrogens (tertiary/aromatic N) is 1. The van der Waals surface area contributed by atoms with Crippen LogP contribution >= 0.6 is 15.9 Å². The van der Waals surface area contributed by atoms with Crippen LogP contribution in [0.15, 0.2) is 53.0 Å². The second-order valence-electron chi connectivity index (χ2n) is 4.70. The Morgan fingerprint density at radius 2 is 1.81 bits per heavy atom. The van der Waals surface area contributed by atoms with Gasteiger partial charge in [-0.05, 0) is 36.4 Å². The molecule has 0 aromatic heterocycles. The lowest BCUT2D eigenvalue weighted by Gasteiger charge is -2.17. The highest BCUT2D eigenvalue weighted by molar-refractivity contribution is 9.10. The maximum Gasteiger partial charge on any atom is 0.262 e. The topological polar surface area (TPSA) is 41.6 Å². The number of benzene rings is 2. The van der Waals surface area contributed by atoms with Crippen LogP contribution in [0.4, 0.5) is 11.4 Å². The van der Waals surface area contributed by atoms with Crippen molar-refractivity contribution >= 4 is 33.2 Å². The quantitative estimate of drug-likeness (QED) is 0.898. The van der Waals surface area contributed by atoms with Crippen molar-refractivity contribution in [2.24, 2.45) is 0 Å². The highest BCUT2D eigenvalue weighted by Gasteiger charge is 2.08. The van der Waals surface area contributed by atoms with Gasteiger partial charge in [-0.2, -0.15) is 0 Å². The number of rotatable bonds is 5. The summed E-state index contributed by atoms with van der Waals surface area (Å²) < 4.78 is 6.42. The number of ether oxygens (including phenoxy) is 1. The average Bonchev–Trinajstić information content (AvgIpc) is 2.47. The van der Waals surface area contributed by atoms with Crippen molar-refractivity contribution in [3.8, 4) is 5.75 Å². The summed E-state index contributed by atoms with van der Waals surface area (Å²) in [6, 6.07) is 15.0. The van der Waals surface area contributed by atoms with E-state index in [9.17, 15) is 4.79 Å². The van der Waals surface area contributed by atoms with Crippen molar-refractivity contribution in [1.82, 2.24) is 0 Å². The summed E-state index contributed by atoms with van der Waals surface area (Å²) in [5.41, 5.74) is 1.72. The largest absolute Gasteiger partial charge is 0.484 e. The first kappa shape index (κ1) is 15.4. The van der Waals surface area contributed by atoms with Gasteiger partial charge in [0.1, 0.15) is 5.75 Å². The third-order valence-electron chi connectivity index (χ3n) is 2.84. The highest BCUT2D eigenvalue weighted by atomic mass is 79.9. The Bertz CT molecular complexity index is 612. The van der Waals surface area contributed by atoms with E-state index in [-0.39, 0.29) is 12.5 Å². The number of carbonyl (C=O) groups excluding carboxylic acids is 1. The number of nitrogens with one attached hydrogen (secondary N) is 1. The number of hydrogen-bond acceptors (Lipinski definition) is 3. The Labute approximate surface area is 132 Å². The second kappa shape index (κ2) is 7.13. The predicted molar refractivity (Wildman–Crippen MR) is 89.0 cm³/mol. The maximum absolute atomic E-state index is 12.0. The molecule has 2 rings (SSSR count). The third kappa shape index (κ3) is 4.49. The van der Waals surface area contributed by atoms with Gasteiger partial charge in [0.2, 0.25) is 0 Å². The van der Waals surface area contributed by atoms with Crippen molar-refractivity contribution < 1.29 is 9.53 Å². The zero-order valence-corrected chi connectivity index (χ0v) is 13.6. The molecule has 0 unspecified atom stereocenters. The van der Waals surface area contributed by atoms with E-state index in [0.29, 0.717) is 5.75 Å². The maximum atomic E-state index is 12.0. The summed E-state index contributed by atoms with van der Waals surface area (Å²) in [4.78, 5) is 13.9.